The van der Waals surface area contributed by atoms with Crippen LogP contribution in [0.1, 0.15) is 0 Å². The Morgan fingerprint density at radius 1 is 0.939 bits per heavy atom. The van der Waals surface area contributed by atoms with Gasteiger partial charge < -0.3 is 10.1 Å². The van der Waals surface area contributed by atoms with Crippen LogP contribution >= 0.6 is 58.0 Å². The van der Waals surface area contributed by atoms with Crippen LogP contribution in [0.2, 0.25) is 25.1 Å². The number of nitrogens with zero attached hydrogens (tertiary/aromatic N) is 1. The first-order valence-corrected chi connectivity index (χ1v) is 12.4. The van der Waals surface area contributed by atoms with E-state index >= 15 is 0 Å². The van der Waals surface area contributed by atoms with Gasteiger partial charge in [0.25, 0.3) is 10.0 Å². The molecule has 0 saturated carbocycles. The van der Waals surface area contributed by atoms with E-state index in [-0.39, 0.29) is 42.1 Å². The van der Waals surface area contributed by atoms with Gasteiger partial charge in [-0.15, -0.1) is 0 Å². The van der Waals surface area contributed by atoms with Crippen molar-refractivity contribution >= 4 is 85.3 Å². The lowest BCUT2D eigenvalue weighted by molar-refractivity contribution is -0.114. The Labute approximate surface area is 216 Å². The number of carbonyl (C=O) groups excluding carboxylic acids is 1. The Hall–Kier alpha value is -1.87. The molecule has 0 aliphatic rings. The van der Waals surface area contributed by atoms with Gasteiger partial charge in [0.15, 0.2) is 0 Å². The number of ether oxygens (including phenoxy) is 1. The topological polar surface area (TPSA) is 75.7 Å². The Kier molecular flexibility index (Phi) is 8.26. The van der Waals surface area contributed by atoms with Crippen LogP contribution in [0, 0.1) is 0 Å². The molecular formula is C21H15Cl5N2O4S. The molecule has 0 spiro atoms. The monoisotopic (exact) mass is 566 g/mol. The summed E-state index contributed by atoms with van der Waals surface area (Å²) < 4.78 is 33.1. The Morgan fingerprint density at radius 2 is 1.61 bits per heavy atom. The molecule has 6 nitrogen and oxygen atoms in total. The predicted molar refractivity (Wildman–Crippen MR) is 134 cm³/mol. The summed E-state index contributed by atoms with van der Waals surface area (Å²) in [7, 11) is -2.90. The number of rotatable bonds is 7. The van der Waals surface area contributed by atoms with Crippen molar-refractivity contribution in [3.63, 3.8) is 0 Å². The quantitative estimate of drug-likeness (QED) is 0.340. The number of methoxy groups -OCH3 is 1. The highest BCUT2D eigenvalue weighted by Crippen LogP contribution is 2.38. The molecule has 3 aromatic rings. The van der Waals surface area contributed by atoms with Crippen LogP contribution < -0.4 is 14.4 Å². The third kappa shape index (κ3) is 5.80. The molecular weight excluding hydrogens is 554 g/mol. The average molecular weight is 569 g/mol. The maximum atomic E-state index is 13.5. The maximum Gasteiger partial charge on any atom is 0.264 e. The number of hydrogen-bond donors (Lipinski definition) is 1. The van der Waals surface area contributed by atoms with Crippen molar-refractivity contribution in [2.24, 2.45) is 0 Å². The molecule has 1 N–H and O–H groups in total. The van der Waals surface area contributed by atoms with Crippen LogP contribution in [-0.4, -0.2) is 28.0 Å². The molecule has 174 valence electrons. The lowest BCUT2D eigenvalue weighted by Gasteiger charge is -2.26. The van der Waals surface area contributed by atoms with Crippen LogP contribution in [0.15, 0.2) is 59.5 Å². The molecule has 0 aromatic heterocycles. The standard InChI is InChI=1S/C21H15Cl5N2O4S/c1-32-19-10-18(15(24)9-16(19)25)28(33(30,31)13-7-5-12(22)6-8-13)11-20(29)27-17-4-2-3-14(23)21(17)26/h2-10H,11H2,1H3,(H,27,29). The molecule has 0 radical (unpaired) electrons. The predicted octanol–water partition coefficient (Wildman–Crippen LogP) is 6.80. The fourth-order valence-electron chi connectivity index (χ4n) is 2.82. The lowest BCUT2D eigenvalue weighted by Crippen LogP contribution is -2.38. The van der Waals surface area contributed by atoms with Gasteiger partial charge in [0.2, 0.25) is 5.91 Å². The molecule has 0 aliphatic heterocycles. The van der Waals surface area contributed by atoms with Crippen molar-refractivity contribution in [2.45, 2.75) is 4.90 Å². The van der Waals surface area contributed by atoms with Gasteiger partial charge in [-0.05, 0) is 42.5 Å². The van der Waals surface area contributed by atoms with Gasteiger partial charge in [-0.25, -0.2) is 8.42 Å². The molecule has 12 heteroatoms. The summed E-state index contributed by atoms with van der Waals surface area (Å²) in [5.41, 5.74) is 0.206. The molecule has 0 bridgehead atoms. The van der Waals surface area contributed by atoms with Crippen molar-refractivity contribution in [3.8, 4) is 5.75 Å². The van der Waals surface area contributed by atoms with Crippen LogP contribution in [0.3, 0.4) is 0 Å². The van der Waals surface area contributed by atoms with E-state index < -0.39 is 22.5 Å². The van der Waals surface area contributed by atoms with Crippen LogP contribution in [0.25, 0.3) is 0 Å². The van der Waals surface area contributed by atoms with Crippen molar-refractivity contribution in [3.05, 3.63) is 79.7 Å². The summed E-state index contributed by atoms with van der Waals surface area (Å²) in [5.74, 6) is -0.521. The second kappa shape index (κ2) is 10.6. The number of carbonyl (C=O) groups is 1. The van der Waals surface area contributed by atoms with Crippen molar-refractivity contribution in [1.82, 2.24) is 0 Å². The van der Waals surface area contributed by atoms with Gasteiger partial charge in [-0.2, -0.15) is 0 Å². The first kappa shape index (κ1) is 25.7. The molecule has 33 heavy (non-hydrogen) atoms. The molecule has 0 unspecified atom stereocenters. The van der Waals surface area contributed by atoms with Gasteiger partial charge in [0, 0.05) is 11.1 Å². The van der Waals surface area contributed by atoms with Gasteiger partial charge in [0.05, 0.1) is 43.5 Å². The highest BCUT2D eigenvalue weighted by atomic mass is 35.5. The van der Waals surface area contributed by atoms with Gasteiger partial charge >= 0.3 is 0 Å². The Bertz CT molecular complexity index is 1300. The van der Waals surface area contributed by atoms with E-state index in [0.717, 1.165) is 4.31 Å². The van der Waals surface area contributed by atoms with E-state index in [1.807, 2.05) is 0 Å². The minimum atomic E-state index is -4.27. The second-order valence-electron chi connectivity index (χ2n) is 6.55. The number of benzene rings is 3. The van der Waals surface area contributed by atoms with E-state index in [4.69, 9.17) is 62.7 Å². The van der Waals surface area contributed by atoms with Crippen LogP contribution in [-0.2, 0) is 14.8 Å². The molecule has 0 atom stereocenters. The third-order valence-electron chi connectivity index (χ3n) is 4.40. The zero-order valence-corrected chi connectivity index (χ0v) is 21.4. The summed E-state index contributed by atoms with van der Waals surface area (Å²) in [6.45, 7) is -0.641. The zero-order chi connectivity index (χ0) is 24.3. The molecule has 0 aliphatic carbocycles. The van der Waals surface area contributed by atoms with E-state index in [1.54, 1.807) is 12.1 Å². The molecule has 3 rings (SSSR count). The second-order valence-corrected chi connectivity index (χ2v) is 10.5. The highest BCUT2D eigenvalue weighted by molar-refractivity contribution is 7.92. The fourth-order valence-corrected chi connectivity index (χ4v) is 5.34. The normalized spacial score (nSPS) is 11.2. The first-order valence-electron chi connectivity index (χ1n) is 9.09. The highest BCUT2D eigenvalue weighted by Gasteiger charge is 2.30. The number of hydrogen-bond acceptors (Lipinski definition) is 4. The SMILES string of the molecule is COc1cc(N(CC(=O)Nc2cccc(Cl)c2Cl)S(=O)(=O)c2ccc(Cl)cc2)c(Cl)cc1Cl. The van der Waals surface area contributed by atoms with Gasteiger partial charge in [-0.1, -0.05) is 64.1 Å². The summed E-state index contributed by atoms with van der Waals surface area (Å²) in [6, 6.07) is 12.8. The van der Waals surface area contributed by atoms with Crippen LogP contribution in [0.4, 0.5) is 11.4 Å². The fraction of sp³-hybridized carbons (Fsp3) is 0.0952. The Balaban J connectivity index is 2.07. The molecule has 0 saturated heterocycles. The number of halogens is 5. The molecule has 1 amide bonds. The number of anilines is 2. The average Bonchev–Trinajstić information content (AvgIpc) is 2.76. The Morgan fingerprint density at radius 3 is 2.24 bits per heavy atom. The summed E-state index contributed by atoms with van der Waals surface area (Å²) in [6.07, 6.45) is 0. The lowest BCUT2D eigenvalue weighted by atomic mass is 10.3. The van der Waals surface area contributed by atoms with Crippen LogP contribution in [0.5, 0.6) is 5.75 Å². The minimum Gasteiger partial charge on any atom is -0.495 e. The van der Waals surface area contributed by atoms with E-state index in [1.165, 1.54) is 49.6 Å². The number of amides is 1. The van der Waals surface area contributed by atoms with Crippen molar-refractivity contribution < 1.29 is 17.9 Å². The van der Waals surface area contributed by atoms with Crippen molar-refractivity contribution in [2.75, 3.05) is 23.3 Å². The zero-order valence-electron chi connectivity index (χ0n) is 16.8. The minimum absolute atomic E-state index is 0.00748. The van der Waals surface area contributed by atoms with Crippen molar-refractivity contribution in [1.29, 1.82) is 0 Å². The smallest absolute Gasteiger partial charge is 0.264 e. The largest absolute Gasteiger partial charge is 0.495 e. The van der Waals surface area contributed by atoms with E-state index in [0.29, 0.717) is 5.02 Å². The van der Waals surface area contributed by atoms with Gasteiger partial charge in [-0.3, -0.25) is 9.10 Å². The summed E-state index contributed by atoms with van der Waals surface area (Å²) >= 11 is 30.4. The molecule has 3 aromatic carbocycles. The summed E-state index contributed by atoms with van der Waals surface area (Å²) in [4.78, 5) is 12.8. The number of sulfonamides is 1. The van der Waals surface area contributed by atoms with Gasteiger partial charge in [0.1, 0.15) is 12.3 Å². The molecule has 0 heterocycles. The first-order chi connectivity index (χ1) is 15.5. The van der Waals surface area contributed by atoms with E-state index in [2.05, 4.69) is 5.32 Å². The summed E-state index contributed by atoms with van der Waals surface area (Å²) in [5, 5.41) is 3.42. The maximum absolute atomic E-state index is 13.5. The molecule has 0 fully saturated rings. The third-order valence-corrected chi connectivity index (χ3v) is 7.85. The van der Waals surface area contributed by atoms with E-state index in [9.17, 15) is 13.2 Å². The number of nitrogens with one attached hydrogen (secondary N) is 1.